The van der Waals surface area contributed by atoms with Gasteiger partial charge in [0.05, 0.1) is 16.8 Å². The van der Waals surface area contributed by atoms with Crippen LogP contribution in [0.15, 0.2) is 42.5 Å². The highest BCUT2D eigenvalue weighted by Crippen LogP contribution is 2.35. The fraction of sp³-hybridized carbons (Fsp3) is 0.435. The fourth-order valence-corrected chi connectivity index (χ4v) is 4.66. The van der Waals surface area contributed by atoms with Crippen LogP contribution in [-0.2, 0) is 0 Å². The van der Waals surface area contributed by atoms with Crippen LogP contribution in [0.5, 0.6) is 5.75 Å². The molecule has 1 aromatic heterocycles. The highest BCUT2D eigenvalue weighted by molar-refractivity contribution is 7.21. The molecule has 3 aromatic rings. The van der Waals surface area contributed by atoms with E-state index in [4.69, 9.17) is 9.72 Å². The number of hydrogen-bond acceptors (Lipinski definition) is 4. The number of aromatic nitrogens is 1. The molecule has 0 bridgehead atoms. The van der Waals surface area contributed by atoms with E-state index < -0.39 is 0 Å². The minimum atomic E-state index is 0.140. The van der Waals surface area contributed by atoms with Crippen LogP contribution in [0, 0.1) is 10.8 Å². The molecule has 0 amide bonds. The summed E-state index contributed by atoms with van der Waals surface area (Å²) in [4.78, 5) is 4.78. The molecule has 0 atom stereocenters. The van der Waals surface area contributed by atoms with Gasteiger partial charge in [-0.2, -0.15) is 0 Å². The largest absolute Gasteiger partial charge is 0.493 e. The highest BCUT2D eigenvalue weighted by atomic mass is 32.1. The van der Waals surface area contributed by atoms with Gasteiger partial charge < -0.3 is 10.1 Å². The number of hydrogen-bond donors (Lipinski definition) is 1. The van der Waals surface area contributed by atoms with Crippen LogP contribution in [0.25, 0.3) is 20.8 Å². The summed E-state index contributed by atoms with van der Waals surface area (Å²) in [6.07, 6.45) is 1.12. The molecule has 0 radical (unpaired) electrons. The lowest BCUT2D eigenvalue weighted by Crippen LogP contribution is -2.27. The summed E-state index contributed by atoms with van der Waals surface area (Å²) in [7, 11) is 1.93. The molecule has 27 heavy (non-hydrogen) atoms. The van der Waals surface area contributed by atoms with Gasteiger partial charge in [0.1, 0.15) is 10.8 Å². The Labute approximate surface area is 166 Å². The molecule has 3 rings (SSSR count). The second-order valence-corrected chi connectivity index (χ2v) is 10.2. The summed E-state index contributed by atoms with van der Waals surface area (Å²) >= 11 is 1.71. The molecule has 0 saturated heterocycles. The van der Waals surface area contributed by atoms with Gasteiger partial charge in [0.2, 0.25) is 0 Å². The zero-order valence-electron chi connectivity index (χ0n) is 17.2. The molecule has 0 aliphatic carbocycles. The van der Waals surface area contributed by atoms with Crippen LogP contribution in [0.1, 0.15) is 41.0 Å². The molecule has 144 valence electrons. The van der Waals surface area contributed by atoms with Gasteiger partial charge in [-0.1, -0.05) is 34.6 Å². The first-order valence-corrected chi connectivity index (χ1v) is 10.3. The van der Waals surface area contributed by atoms with Crippen LogP contribution >= 0.6 is 11.3 Å². The maximum Gasteiger partial charge on any atom is 0.124 e. The summed E-state index contributed by atoms with van der Waals surface area (Å²) in [6, 6.07) is 14.6. The number of rotatable bonds is 6. The average Bonchev–Trinajstić information content (AvgIpc) is 3.01. The average molecular weight is 383 g/mol. The van der Waals surface area contributed by atoms with E-state index in [1.54, 1.807) is 11.3 Å². The fourth-order valence-electron chi connectivity index (χ4n) is 3.66. The number of anilines is 1. The van der Waals surface area contributed by atoms with E-state index in [9.17, 15) is 0 Å². The van der Waals surface area contributed by atoms with Gasteiger partial charge in [0.15, 0.2) is 0 Å². The number of ether oxygens (including phenoxy) is 1. The zero-order chi connectivity index (χ0) is 19.7. The predicted octanol–water partition coefficient (Wildman–Crippen LogP) is 6.85. The Bertz CT molecular complexity index is 904. The van der Waals surface area contributed by atoms with Crippen molar-refractivity contribution < 1.29 is 4.74 Å². The maximum absolute atomic E-state index is 6.14. The number of nitrogens with one attached hydrogen (secondary N) is 1. The van der Waals surface area contributed by atoms with Gasteiger partial charge in [0, 0.05) is 18.3 Å². The summed E-state index contributed by atoms with van der Waals surface area (Å²) in [5.74, 6) is 0.921. The van der Waals surface area contributed by atoms with Crippen molar-refractivity contribution in [3.63, 3.8) is 0 Å². The van der Waals surface area contributed by atoms with Crippen LogP contribution in [-0.4, -0.2) is 18.6 Å². The Kier molecular flexibility index (Phi) is 5.48. The number of fused-ring (bicyclic) bond motifs is 1. The van der Waals surface area contributed by atoms with Gasteiger partial charge in [-0.15, -0.1) is 11.3 Å². The molecule has 0 unspecified atom stereocenters. The van der Waals surface area contributed by atoms with E-state index in [0.717, 1.165) is 38.6 Å². The third-order valence-electron chi connectivity index (χ3n) is 4.42. The smallest absolute Gasteiger partial charge is 0.124 e. The van der Waals surface area contributed by atoms with E-state index in [1.807, 2.05) is 13.1 Å². The molecule has 0 saturated carbocycles. The third-order valence-corrected chi connectivity index (χ3v) is 5.49. The van der Waals surface area contributed by atoms with Crippen molar-refractivity contribution in [3.8, 4) is 16.3 Å². The highest BCUT2D eigenvalue weighted by Gasteiger charge is 2.26. The van der Waals surface area contributed by atoms with Gasteiger partial charge in [0.25, 0.3) is 0 Å². The van der Waals surface area contributed by atoms with Gasteiger partial charge >= 0.3 is 0 Å². The molecule has 0 fully saturated rings. The summed E-state index contributed by atoms with van der Waals surface area (Å²) in [6.45, 7) is 12.1. The monoisotopic (exact) mass is 382 g/mol. The SMILES string of the molecule is CNc1ccc(-c2nc3ccc(OCC(C)(C)CC(C)(C)C)cc3s2)cc1. The van der Waals surface area contributed by atoms with Gasteiger partial charge in [-0.05, 0) is 59.7 Å². The number of benzene rings is 2. The van der Waals surface area contributed by atoms with Crippen LogP contribution in [0.3, 0.4) is 0 Å². The Balaban J connectivity index is 1.75. The van der Waals surface area contributed by atoms with E-state index in [1.165, 1.54) is 0 Å². The van der Waals surface area contributed by atoms with Crippen molar-refractivity contribution in [1.82, 2.24) is 4.98 Å². The van der Waals surface area contributed by atoms with Gasteiger partial charge in [-0.25, -0.2) is 4.98 Å². The molecule has 3 nitrogen and oxygen atoms in total. The second-order valence-electron chi connectivity index (χ2n) is 9.17. The Morgan fingerprint density at radius 2 is 1.70 bits per heavy atom. The van der Waals surface area contributed by atoms with E-state index >= 15 is 0 Å². The van der Waals surface area contributed by atoms with E-state index in [-0.39, 0.29) is 5.41 Å². The molecule has 2 aromatic carbocycles. The Morgan fingerprint density at radius 1 is 1.00 bits per heavy atom. The van der Waals surface area contributed by atoms with Gasteiger partial charge in [-0.3, -0.25) is 0 Å². The van der Waals surface area contributed by atoms with E-state index in [2.05, 4.69) is 76.3 Å². The molecule has 1 N–H and O–H groups in total. The normalized spacial score (nSPS) is 12.4. The van der Waals surface area contributed by atoms with Crippen molar-refractivity contribution >= 4 is 27.2 Å². The molecular weight excluding hydrogens is 352 g/mol. The first kappa shape index (κ1) is 19.7. The van der Waals surface area contributed by atoms with Crippen molar-refractivity contribution in [2.45, 2.75) is 41.0 Å². The van der Waals surface area contributed by atoms with E-state index in [0.29, 0.717) is 12.0 Å². The first-order chi connectivity index (χ1) is 12.6. The minimum absolute atomic E-state index is 0.140. The lowest BCUT2D eigenvalue weighted by Gasteiger charge is -2.32. The Morgan fingerprint density at radius 3 is 2.33 bits per heavy atom. The molecule has 1 heterocycles. The van der Waals surface area contributed by atoms with Crippen LogP contribution in [0.4, 0.5) is 5.69 Å². The van der Waals surface area contributed by atoms with Crippen LogP contribution in [0.2, 0.25) is 0 Å². The molecule has 4 heteroatoms. The number of thiazole rings is 1. The lowest BCUT2D eigenvalue weighted by molar-refractivity contribution is 0.125. The maximum atomic E-state index is 6.14. The Hall–Kier alpha value is -2.07. The standard InChI is InChI=1S/C23H30N2OS/c1-22(2,3)14-23(4,5)15-26-18-11-12-19-20(13-18)27-21(25-19)16-7-9-17(24-6)10-8-16/h7-13,24H,14-15H2,1-6H3. The summed E-state index contributed by atoms with van der Waals surface area (Å²) in [5, 5.41) is 4.19. The number of nitrogens with zero attached hydrogens (tertiary/aromatic N) is 1. The zero-order valence-corrected chi connectivity index (χ0v) is 18.0. The molecule has 0 aliphatic rings. The summed E-state index contributed by atoms with van der Waals surface area (Å²) < 4.78 is 7.30. The lowest BCUT2D eigenvalue weighted by atomic mass is 9.77. The molecule has 0 aliphatic heterocycles. The topological polar surface area (TPSA) is 34.2 Å². The quantitative estimate of drug-likeness (QED) is 0.506. The van der Waals surface area contributed by atoms with Crippen molar-refractivity contribution in [2.75, 3.05) is 19.0 Å². The van der Waals surface area contributed by atoms with Crippen molar-refractivity contribution in [1.29, 1.82) is 0 Å². The molecule has 0 spiro atoms. The van der Waals surface area contributed by atoms with Crippen LogP contribution < -0.4 is 10.1 Å². The molecular formula is C23H30N2OS. The summed E-state index contributed by atoms with van der Waals surface area (Å²) in [5.41, 5.74) is 3.71. The van der Waals surface area contributed by atoms with Crippen molar-refractivity contribution in [3.05, 3.63) is 42.5 Å². The third kappa shape index (κ3) is 5.23. The second kappa shape index (κ2) is 7.51. The van der Waals surface area contributed by atoms with Crippen molar-refractivity contribution in [2.24, 2.45) is 10.8 Å². The first-order valence-electron chi connectivity index (χ1n) is 9.47. The minimum Gasteiger partial charge on any atom is -0.493 e. The predicted molar refractivity (Wildman–Crippen MR) is 118 cm³/mol.